The number of nitrogens with zero attached hydrogens (tertiary/aromatic N) is 4. The second-order valence-corrected chi connectivity index (χ2v) is 7.83. The minimum atomic E-state index is -1.15. The average Bonchev–Trinajstić information content (AvgIpc) is 2.99. The number of rotatable bonds is 8. The summed E-state index contributed by atoms with van der Waals surface area (Å²) in [5.41, 5.74) is 8.14. The van der Waals surface area contributed by atoms with Gasteiger partial charge in [0, 0.05) is 17.8 Å². The van der Waals surface area contributed by atoms with E-state index in [4.69, 9.17) is 15.0 Å². The Morgan fingerprint density at radius 3 is 2.63 bits per heavy atom. The largest absolute Gasteiger partial charge is 0.498 e. The summed E-state index contributed by atoms with van der Waals surface area (Å²) in [5, 5.41) is 15.8. The van der Waals surface area contributed by atoms with E-state index in [1.165, 1.54) is 0 Å². The zero-order chi connectivity index (χ0) is 19.9. The first kappa shape index (κ1) is 21.0. The summed E-state index contributed by atoms with van der Waals surface area (Å²) in [6.07, 6.45) is 0.0112. The van der Waals surface area contributed by atoms with Gasteiger partial charge in [-0.2, -0.15) is 0 Å². The number of benzene rings is 1. The van der Waals surface area contributed by atoms with Crippen LogP contribution in [0.3, 0.4) is 0 Å². The van der Waals surface area contributed by atoms with Gasteiger partial charge in [0.05, 0.1) is 37.9 Å². The summed E-state index contributed by atoms with van der Waals surface area (Å²) < 4.78 is 11.1. The lowest BCUT2D eigenvalue weighted by atomic mass is 10.00. The molecule has 0 aromatic heterocycles. The number of hydrogen-bond donors (Lipinski definition) is 0. The number of quaternary nitrogens is 1. The van der Waals surface area contributed by atoms with E-state index in [9.17, 15) is 9.90 Å². The zero-order valence-electron chi connectivity index (χ0n) is 16.2. The first-order chi connectivity index (χ1) is 12.8. The number of likely N-dealkylation sites (tertiary alicyclic amines) is 1. The third kappa shape index (κ3) is 4.91. The molecular formula is C19H28N4O4. The van der Waals surface area contributed by atoms with Gasteiger partial charge in [0.15, 0.2) is 0 Å². The van der Waals surface area contributed by atoms with E-state index in [1.807, 2.05) is 51.1 Å². The number of para-hydroxylation sites is 1. The number of azide groups is 1. The van der Waals surface area contributed by atoms with E-state index in [1.54, 1.807) is 0 Å². The molecule has 0 radical (unpaired) electrons. The highest BCUT2D eigenvalue weighted by atomic mass is 16.5. The van der Waals surface area contributed by atoms with Crippen LogP contribution in [0, 0.1) is 0 Å². The maximum atomic E-state index is 12.1. The van der Waals surface area contributed by atoms with Crippen LogP contribution in [0.4, 0.5) is 4.79 Å². The predicted octanol–water partition coefficient (Wildman–Crippen LogP) is 2.88. The van der Waals surface area contributed by atoms with Gasteiger partial charge in [-0.15, -0.1) is 0 Å². The molecule has 3 atom stereocenters. The van der Waals surface area contributed by atoms with Crippen LogP contribution in [0.5, 0.6) is 5.75 Å². The molecule has 1 aliphatic heterocycles. The molecule has 1 saturated heterocycles. The van der Waals surface area contributed by atoms with E-state index in [0.29, 0.717) is 26.1 Å². The van der Waals surface area contributed by atoms with Crippen molar-refractivity contribution < 1.29 is 23.9 Å². The van der Waals surface area contributed by atoms with Gasteiger partial charge in [0.2, 0.25) is 0 Å². The number of amides is 1. The molecule has 1 amide bonds. The van der Waals surface area contributed by atoms with E-state index in [-0.39, 0.29) is 29.7 Å². The molecule has 8 heteroatoms. The van der Waals surface area contributed by atoms with Crippen LogP contribution >= 0.6 is 0 Å². The fourth-order valence-electron chi connectivity index (χ4n) is 3.81. The predicted molar refractivity (Wildman–Crippen MR) is 99.0 cm³/mol. The number of carbonyl (C=O) groups is 1. The minimum Gasteiger partial charge on any atom is -0.498 e. The SMILES string of the molecule is CC(C)(C)[N+]1(C(=O)[O-])C[C@H](N=[N+]=[N-])C[C@@H]1COCCCOc1ccccc1. The lowest BCUT2D eigenvalue weighted by molar-refractivity contribution is -0.930. The number of carboxylic acid groups (broad SMARTS) is 1. The second kappa shape index (κ2) is 9.08. The van der Waals surface area contributed by atoms with E-state index >= 15 is 0 Å². The molecule has 1 aliphatic rings. The minimum absolute atomic E-state index is 0.223. The van der Waals surface area contributed by atoms with Crippen molar-refractivity contribution in [2.75, 3.05) is 26.4 Å². The second-order valence-electron chi connectivity index (χ2n) is 7.83. The molecule has 0 spiro atoms. The van der Waals surface area contributed by atoms with Crippen molar-refractivity contribution in [2.24, 2.45) is 5.11 Å². The molecular weight excluding hydrogens is 348 g/mol. The molecule has 0 bridgehead atoms. The van der Waals surface area contributed by atoms with Crippen molar-refractivity contribution in [3.8, 4) is 5.75 Å². The van der Waals surface area contributed by atoms with Crippen LogP contribution in [0.2, 0.25) is 0 Å². The van der Waals surface area contributed by atoms with Crippen LogP contribution in [0.15, 0.2) is 35.4 Å². The van der Waals surface area contributed by atoms with Crippen LogP contribution in [0.25, 0.3) is 10.4 Å². The highest BCUT2D eigenvalue weighted by Gasteiger charge is 2.55. The standard InChI is InChI=1S/C19H28N4O4/c1-19(2,3)23(18(24)25)13-15(21-22-20)12-16(23)14-26-10-7-11-27-17-8-5-4-6-9-17/h4-6,8-9,15-16H,7,10-14H2,1-3H3/t15-,16-,23?/m1/s1. The van der Waals surface area contributed by atoms with Crippen molar-refractivity contribution in [3.05, 3.63) is 40.8 Å². The van der Waals surface area contributed by atoms with Crippen LogP contribution in [-0.4, -0.2) is 54.6 Å². The van der Waals surface area contributed by atoms with Gasteiger partial charge in [0.25, 0.3) is 6.09 Å². The molecule has 1 unspecified atom stereocenters. The first-order valence-electron chi connectivity index (χ1n) is 9.20. The maximum Gasteiger partial charge on any atom is 0.258 e. The fourth-order valence-corrected chi connectivity index (χ4v) is 3.81. The summed E-state index contributed by atoms with van der Waals surface area (Å²) >= 11 is 0. The zero-order valence-corrected chi connectivity index (χ0v) is 16.2. The number of carbonyl (C=O) groups excluding carboxylic acids is 1. The third-order valence-corrected chi connectivity index (χ3v) is 5.16. The van der Waals surface area contributed by atoms with Gasteiger partial charge < -0.3 is 19.4 Å². The van der Waals surface area contributed by atoms with E-state index in [2.05, 4.69) is 10.0 Å². The Kier molecular flexibility index (Phi) is 7.07. The third-order valence-electron chi connectivity index (χ3n) is 5.16. The topological polar surface area (TPSA) is 107 Å². The molecule has 27 heavy (non-hydrogen) atoms. The summed E-state index contributed by atoms with van der Waals surface area (Å²) in [7, 11) is 0. The number of ether oxygens (including phenoxy) is 2. The molecule has 0 N–H and O–H groups in total. The van der Waals surface area contributed by atoms with Crippen LogP contribution in [-0.2, 0) is 4.74 Å². The Labute approximate surface area is 159 Å². The van der Waals surface area contributed by atoms with E-state index in [0.717, 1.165) is 5.75 Å². The molecule has 0 saturated carbocycles. The van der Waals surface area contributed by atoms with Gasteiger partial charge in [0.1, 0.15) is 11.8 Å². The molecule has 1 heterocycles. The Hall–Kier alpha value is -2.28. The molecule has 1 fully saturated rings. The van der Waals surface area contributed by atoms with Crippen LogP contribution < -0.4 is 9.84 Å². The molecule has 148 valence electrons. The highest BCUT2D eigenvalue weighted by Crippen LogP contribution is 2.38. The van der Waals surface area contributed by atoms with Gasteiger partial charge in [-0.1, -0.05) is 23.3 Å². The lowest BCUT2D eigenvalue weighted by Crippen LogP contribution is -2.70. The Bertz CT molecular complexity index is 670. The van der Waals surface area contributed by atoms with Gasteiger partial charge >= 0.3 is 0 Å². The van der Waals surface area contributed by atoms with Crippen molar-refractivity contribution in [1.29, 1.82) is 0 Å². The highest BCUT2D eigenvalue weighted by molar-refractivity contribution is 5.55. The molecule has 1 aromatic carbocycles. The smallest absolute Gasteiger partial charge is 0.258 e. The molecule has 0 aliphatic carbocycles. The lowest BCUT2D eigenvalue weighted by Gasteiger charge is -2.49. The molecule has 8 nitrogen and oxygen atoms in total. The summed E-state index contributed by atoms with van der Waals surface area (Å²) in [6.45, 7) is 7.07. The Morgan fingerprint density at radius 1 is 1.33 bits per heavy atom. The Balaban J connectivity index is 1.90. The summed E-state index contributed by atoms with van der Waals surface area (Å²) in [4.78, 5) is 14.9. The maximum absolute atomic E-state index is 12.1. The van der Waals surface area contributed by atoms with Crippen molar-refractivity contribution in [2.45, 2.75) is 51.2 Å². The van der Waals surface area contributed by atoms with Crippen molar-refractivity contribution in [1.82, 2.24) is 0 Å². The quantitative estimate of drug-likeness (QED) is 0.228. The number of hydrogen-bond acceptors (Lipinski definition) is 5. The van der Waals surface area contributed by atoms with Gasteiger partial charge in [-0.25, -0.2) is 0 Å². The average molecular weight is 376 g/mol. The van der Waals surface area contributed by atoms with Gasteiger partial charge in [-0.3, -0.25) is 4.48 Å². The van der Waals surface area contributed by atoms with Gasteiger partial charge in [-0.05, 0) is 38.4 Å². The van der Waals surface area contributed by atoms with E-state index < -0.39 is 11.6 Å². The summed E-state index contributed by atoms with van der Waals surface area (Å²) in [5.74, 6) is 0.811. The van der Waals surface area contributed by atoms with Crippen LogP contribution in [0.1, 0.15) is 33.6 Å². The monoisotopic (exact) mass is 376 g/mol. The molecule has 1 aromatic rings. The van der Waals surface area contributed by atoms with Crippen molar-refractivity contribution >= 4 is 6.09 Å². The summed E-state index contributed by atoms with van der Waals surface area (Å²) in [6, 6.07) is 8.85. The first-order valence-corrected chi connectivity index (χ1v) is 9.20. The Morgan fingerprint density at radius 2 is 2.04 bits per heavy atom. The van der Waals surface area contributed by atoms with Crippen molar-refractivity contribution in [3.63, 3.8) is 0 Å². The normalized spacial score (nSPS) is 25.0. The molecule has 2 rings (SSSR count). The fraction of sp³-hybridized carbons (Fsp3) is 0.632.